The molecule has 0 saturated carbocycles. The van der Waals surface area contributed by atoms with Gasteiger partial charge in [0.25, 0.3) is 5.91 Å². The highest BCUT2D eigenvalue weighted by molar-refractivity contribution is 6.01. The first-order chi connectivity index (χ1) is 18.9. The van der Waals surface area contributed by atoms with Gasteiger partial charge in [-0.15, -0.1) is 0 Å². The number of ether oxygens (including phenoxy) is 2. The maximum absolute atomic E-state index is 15.7. The molecule has 9 nitrogen and oxygen atoms in total. The summed E-state index contributed by atoms with van der Waals surface area (Å²) in [6.45, 7) is 5.84. The summed E-state index contributed by atoms with van der Waals surface area (Å²) < 4.78 is 26.4. The molecule has 2 aromatic rings. The van der Waals surface area contributed by atoms with Gasteiger partial charge in [0.1, 0.15) is 24.1 Å². The Balaban J connectivity index is 1.42. The molecule has 0 fully saturated rings. The molecular formula is C30H34FN3O6. The van der Waals surface area contributed by atoms with Crippen LogP contribution in [0.4, 0.5) is 9.18 Å². The van der Waals surface area contributed by atoms with E-state index in [1.54, 1.807) is 43.9 Å². The van der Waals surface area contributed by atoms with E-state index in [1.807, 2.05) is 30.3 Å². The van der Waals surface area contributed by atoms with Gasteiger partial charge in [-0.3, -0.25) is 14.4 Å². The maximum atomic E-state index is 15.7. The van der Waals surface area contributed by atoms with Crippen molar-refractivity contribution in [1.82, 2.24) is 9.80 Å². The summed E-state index contributed by atoms with van der Waals surface area (Å²) in [4.78, 5) is 52.7. The van der Waals surface area contributed by atoms with Crippen molar-refractivity contribution < 1.29 is 33.0 Å². The number of carbonyl (C=O) groups is 4. The molecule has 3 amide bonds. The Morgan fingerprint density at radius 2 is 1.77 bits per heavy atom. The molecule has 2 aliphatic rings. The number of fused-ring (bicyclic) bond motifs is 1. The van der Waals surface area contributed by atoms with Crippen LogP contribution in [0, 0.1) is 5.82 Å². The van der Waals surface area contributed by atoms with Crippen molar-refractivity contribution in [2.75, 3.05) is 13.1 Å². The van der Waals surface area contributed by atoms with Gasteiger partial charge in [-0.2, -0.15) is 0 Å². The normalized spacial score (nSPS) is 15.8. The Labute approximate surface area is 232 Å². The van der Waals surface area contributed by atoms with Gasteiger partial charge in [-0.25, -0.2) is 9.18 Å². The lowest BCUT2D eigenvalue weighted by Gasteiger charge is -2.26. The van der Waals surface area contributed by atoms with Crippen molar-refractivity contribution in [3.8, 4) is 0 Å². The molecule has 0 spiro atoms. The van der Waals surface area contributed by atoms with Crippen molar-refractivity contribution in [3.63, 3.8) is 0 Å². The van der Waals surface area contributed by atoms with E-state index in [9.17, 15) is 19.2 Å². The molecule has 0 aromatic heterocycles. The number of esters is 1. The van der Waals surface area contributed by atoms with Crippen LogP contribution in [0.15, 0.2) is 48.5 Å². The number of hydrogen-bond donors (Lipinski definition) is 1. The summed E-state index contributed by atoms with van der Waals surface area (Å²) in [5, 5.41) is 0. The fraction of sp³-hybridized carbons (Fsp3) is 0.400. The number of benzene rings is 2. The molecule has 0 aliphatic carbocycles. The third-order valence-corrected chi connectivity index (χ3v) is 6.83. The Hall–Kier alpha value is -4.21. The molecule has 1 unspecified atom stereocenters. The highest BCUT2D eigenvalue weighted by Gasteiger charge is 2.38. The summed E-state index contributed by atoms with van der Waals surface area (Å²) in [7, 11) is 0. The van der Waals surface area contributed by atoms with Crippen LogP contribution in [-0.2, 0) is 32.2 Å². The van der Waals surface area contributed by atoms with Crippen molar-refractivity contribution >= 4 is 29.5 Å². The Morgan fingerprint density at radius 1 is 1.07 bits per heavy atom. The monoisotopic (exact) mass is 551 g/mol. The molecule has 2 aliphatic heterocycles. The minimum Gasteiger partial charge on any atom is -0.460 e. The van der Waals surface area contributed by atoms with E-state index in [4.69, 9.17) is 15.2 Å². The highest BCUT2D eigenvalue weighted by atomic mass is 19.1. The summed E-state index contributed by atoms with van der Waals surface area (Å²) in [6.07, 6.45) is 1.60. The van der Waals surface area contributed by atoms with Crippen LogP contribution in [0.5, 0.6) is 0 Å². The fourth-order valence-corrected chi connectivity index (χ4v) is 4.86. The maximum Gasteiger partial charge on any atom is 0.410 e. The first-order valence-corrected chi connectivity index (χ1v) is 13.2. The molecule has 4 rings (SSSR count). The summed E-state index contributed by atoms with van der Waals surface area (Å²) in [6, 6.07) is 11.4. The lowest BCUT2D eigenvalue weighted by molar-refractivity contribution is -0.155. The average Bonchev–Trinajstić information content (AvgIpc) is 3.24. The molecule has 2 N–H and O–H groups in total. The molecule has 2 heterocycles. The van der Waals surface area contributed by atoms with Gasteiger partial charge in [0.15, 0.2) is 0 Å². The third-order valence-electron chi connectivity index (χ3n) is 6.83. The van der Waals surface area contributed by atoms with E-state index in [0.717, 1.165) is 11.1 Å². The first kappa shape index (κ1) is 28.8. The molecular weight excluding hydrogens is 517 g/mol. The van der Waals surface area contributed by atoms with E-state index in [2.05, 4.69) is 0 Å². The average molecular weight is 552 g/mol. The minimum absolute atomic E-state index is 0.0280. The lowest BCUT2D eigenvalue weighted by atomic mass is 9.95. The molecule has 10 heteroatoms. The van der Waals surface area contributed by atoms with E-state index in [0.29, 0.717) is 18.5 Å². The molecule has 0 bridgehead atoms. The summed E-state index contributed by atoms with van der Waals surface area (Å²) in [5.41, 5.74) is 7.17. The van der Waals surface area contributed by atoms with Crippen molar-refractivity contribution in [2.24, 2.45) is 5.73 Å². The topological polar surface area (TPSA) is 119 Å². The standard InChI is InChI=1S/C30H34FN3O6/c1-30(2,3)40-25(35)12-11-24(27(32)36)34-17-23-22(28(34)37)10-9-21(26(23)31)20-13-15-33(16-14-20)29(38)39-18-19-7-5-4-6-8-19/h4-10,13,24H,11-12,14-18H2,1-3H3,(H2,32,36). The molecule has 212 valence electrons. The fourth-order valence-electron chi connectivity index (χ4n) is 4.86. The van der Waals surface area contributed by atoms with Crippen LogP contribution in [0.25, 0.3) is 5.57 Å². The second-order valence-electron chi connectivity index (χ2n) is 10.9. The van der Waals surface area contributed by atoms with Crippen LogP contribution in [0.1, 0.15) is 67.1 Å². The molecule has 40 heavy (non-hydrogen) atoms. The summed E-state index contributed by atoms with van der Waals surface area (Å²) >= 11 is 0. The van der Waals surface area contributed by atoms with Crippen LogP contribution in [0.3, 0.4) is 0 Å². The minimum atomic E-state index is -1.08. The van der Waals surface area contributed by atoms with Crippen molar-refractivity contribution in [2.45, 2.75) is 64.8 Å². The van der Waals surface area contributed by atoms with Gasteiger partial charge in [0.2, 0.25) is 5.91 Å². The number of rotatable bonds is 8. The van der Waals surface area contributed by atoms with Gasteiger partial charge >= 0.3 is 12.1 Å². The second kappa shape index (κ2) is 11.9. The predicted octanol–water partition coefficient (Wildman–Crippen LogP) is 4.18. The van der Waals surface area contributed by atoms with Crippen molar-refractivity contribution in [3.05, 3.63) is 76.6 Å². The number of primary amides is 1. The van der Waals surface area contributed by atoms with Crippen LogP contribution in [-0.4, -0.2) is 58.4 Å². The number of carbonyl (C=O) groups excluding carboxylic acids is 4. The zero-order valence-electron chi connectivity index (χ0n) is 22.9. The smallest absolute Gasteiger partial charge is 0.410 e. The summed E-state index contributed by atoms with van der Waals surface area (Å²) in [5.74, 6) is -2.35. The highest BCUT2D eigenvalue weighted by Crippen LogP contribution is 2.34. The second-order valence-corrected chi connectivity index (χ2v) is 10.9. The Morgan fingerprint density at radius 3 is 2.40 bits per heavy atom. The Bertz CT molecular complexity index is 1330. The number of halogens is 1. The zero-order valence-corrected chi connectivity index (χ0v) is 22.9. The molecule has 0 radical (unpaired) electrons. The zero-order chi connectivity index (χ0) is 29.0. The Kier molecular flexibility index (Phi) is 8.56. The van der Waals surface area contributed by atoms with E-state index in [-0.39, 0.29) is 43.7 Å². The van der Waals surface area contributed by atoms with Gasteiger partial charge in [-0.05, 0) is 50.8 Å². The van der Waals surface area contributed by atoms with Gasteiger partial charge in [0.05, 0.1) is 6.54 Å². The molecule has 2 aromatic carbocycles. The largest absolute Gasteiger partial charge is 0.460 e. The number of nitrogens with two attached hydrogens (primary N) is 1. The van der Waals surface area contributed by atoms with Crippen LogP contribution >= 0.6 is 0 Å². The van der Waals surface area contributed by atoms with Crippen LogP contribution in [0.2, 0.25) is 0 Å². The number of hydrogen-bond acceptors (Lipinski definition) is 6. The first-order valence-electron chi connectivity index (χ1n) is 13.2. The number of nitrogens with zero attached hydrogens (tertiary/aromatic N) is 2. The van der Waals surface area contributed by atoms with E-state index in [1.165, 1.54) is 4.90 Å². The SMILES string of the molecule is CC(C)(C)OC(=O)CCC(C(N)=O)N1Cc2c(ccc(C3=CCN(C(=O)OCc4ccccc4)CC3)c2F)C1=O. The lowest BCUT2D eigenvalue weighted by Crippen LogP contribution is -2.45. The van der Waals surface area contributed by atoms with Gasteiger partial charge in [-0.1, -0.05) is 42.5 Å². The molecule has 0 saturated heterocycles. The third kappa shape index (κ3) is 6.67. The van der Waals surface area contributed by atoms with E-state index < -0.39 is 41.3 Å². The molecule has 1 atom stereocenters. The van der Waals surface area contributed by atoms with E-state index >= 15 is 4.39 Å². The predicted molar refractivity (Wildman–Crippen MR) is 145 cm³/mol. The quantitative estimate of drug-likeness (QED) is 0.492. The van der Waals surface area contributed by atoms with Crippen LogP contribution < -0.4 is 5.73 Å². The number of amides is 3. The van der Waals surface area contributed by atoms with Gasteiger partial charge in [0, 0.05) is 36.2 Å². The van der Waals surface area contributed by atoms with Gasteiger partial charge < -0.3 is 25.0 Å². The van der Waals surface area contributed by atoms with Crippen molar-refractivity contribution in [1.29, 1.82) is 0 Å².